The lowest BCUT2D eigenvalue weighted by molar-refractivity contribution is 0.314. The summed E-state index contributed by atoms with van der Waals surface area (Å²) in [5, 5.41) is 11.6. The number of anilines is 1. The largest absolute Gasteiger partial charge is 0.409 e. The fourth-order valence-corrected chi connectivity index (χ4v) is 1.80. The normalized spacial score (nSPS) is 13.3. The highest BCUT2D eigenvalue weighted by Crippen LogP contribution is 2.05. The van der Waals surface area contributed by atoms with Crippen LogP contribution < -0.4 is 16.2 Å². The fraction of sp³-hybridized carbons (Fsp3) is 0.583. The van der Waals surface area contributed by atoms with Gasteiger partial charge in [-0.2, -0.15) is 0 Å². The Balaban J connectivity index is 2.91. The first-order valence-corrected chi connectivity index (χ1v) is 6.25. The molecule has 0 radical (unpaired) electrons. The number of aromatic nitrogens is 2. The molecule has 0 spiro atoms. The summed E-state index contributed by atoms with van der Waals surface area (Å²) in [4.78, 5) is 18.0. The van der Waals surface area contributed by atoms with Crippen molar-refractivity contribution in [2.75, 3.05) is 18.5 Å². The highest BCUT2D eigenvalue weighted by Gasteiger charge is 2.15. The number of hydrogen-bond donors (Lipinski definition) is 2. The molecule has 1 aromatic heterocycles. The summed E-state index contributed by atoms with van der Waals surface area (Å²) in [6, 6.07) is 0. The van der Waals surface area contributed by atoms with Gasteiger partial charge in [-0.25, -0.2) is 4.98 Å². The van der Waals surface area contributed by atoms with Crippen molar-refractivity contribution in [3.05, 3.63) is 22.7 Å². The Morgan fingerprint density at radius 1 is 1.68 bits per heavy atom. The molecule has 3 N–H and O–H groups in total. The summed E-state index contributed by atoms with van der Waals surface area (Å²) in [7, 11) is 1.77. The highest BCUT2D eigenvalue weighted by molar-refractivity contribution is 5.82. The lowest BCUT2D eigenvalue weighted by Crippen LogP contribution is -2.37. The lowest BCUT2D eigenvalue weighted by Gasteiger charge is -2.21. The molecule has 0 aliphatic carbocycles. The van der Waals surface area contributed by atoms with E-state index in [0.29, 0.717) is 18.9 Å². The van der Waals surface area contributed by atoms with Gasteiger partial charge in [-0.15, -0.1) is 0 Å². The molecule has 19 heavy (non-hydrogen) atoms. The van der Waals surface area contributed by atoms with E-state index < -0.39 is 0 Å². The van der Waals surface area contributed by atoms with Gasteiger partial charge in [-0.1, -0.05) is 19.0 Å². The van der Waals surface area contributed by atoms with E-state index in [1.54, 1.807) is 28.9 Å². The van der Waals surface area contributed by atoms with E-state index in [1.165, 1.54) is 0 Å². The molecule has 7 heteroatoms. The van der Waals surface area contributed by atoms with Crippen molar-refractivity contribution in [2.24, 2.45) is 16.8 Å². The lowest BCUT2D eigenvalue weighted by atomic mass is 10.1. The predicted octanol–water partition coefficient (Wildman–Crippen LogP) is 0.472. The summed E-state index contributed by atoms with van der Waals surface area (Å²) >= 11 is 0. The molecule has 0 bridgehead atoms. The molecule has 106 valence electrons. The molecule has 0 aliphatic heterocycles. The van der Waals surface area contributed by atoms with Gasteiger partial charge >= 0.3 is 0 Å². The van der Waals surface area contributed by atoms with Gasteiger partial charge in [0, 0.05) is 38.4 Å². The Labute approximate surface area is 112 Å². The van der Waals surface area contributed by atoms with Crippen molar-refractivity contribution in [3.63, 3.8) is 0 Å². The van der Waals surface area contributed by atoms with E-state index in [9.17, 15) is 4.79 Å². The van der Waals surface area contributed by atoms with E-state index in [2.05, 4.69) is 10.1 Å². The van der Waals surface area contributed by atoms with Crippen LogP contribution in [-0.4, -0.2) is 34.2 Å². The highest BCUT2D eigenvalue weighted by atomic mass is 16.4. The van der Waals surface area contributed by atoms with Crippen LogP contribution in [0.4, 0.5) is 5.82 Å². The van der Waals surface area contributed by atoms with Crippen LogP contribution >= 0.6 is 0 Å². The Kier molecular flexibility index (Phi) is 5.35. The van der Waals surface area contributed by atoms with E-state index in [-0.39, 0.29) is 17.3 Å². The number of rotatable bonds is 6. The van der Waals surface area contributed by atoms with Crippen molar-refractivity contribution in [1.82, 2.24) is 9.55 Å². The Morgan fingerprint density at radius 2 is 2.37 bits per heavy atom. The molecular formula is C12H21N5O2. The Bertz CT molecular complexity index is 497. The van der Waals surface area contributed by atoms with Gasteiger partial charge in [0.2, 0.25) is 0 Å². The van der Waals surface area contributed by atoms with Crippen LogP contribution in [0.1, 0.15) is 20.3 Å². The number of oxime groups is 1. The third-order valence-electron chi connectivity index (χ3n) is 2.89. The van der Waals surface area contributed by atoms with Crippen LogP contribution in [0.15, 0.2) is 22.3 Å². The third-order valence-corrected chi connectivity index (χ3v) is 2.89. The number of nitrogens with zero attached hydrogens (tertiary/aromatic N) is 4. The van der Waals surface area contributed by atoms with Gasteiger partial charge in [0.05, 0.1) is 0 Å². The summed E-state index contributed by atoms with van der Waals surface area (Å²) < 4.78 is 1.63. The fourth-order valence-electron chi connectivity index (χ4n) is 1.80. The monoisotopic (exact) mass is 267 g/mol. The van der Waals surface area contributed by atoms with Crippen LogP contribution in [-0.2, 0) is 6.54 Å². The molecule has 7 nitrogen and oxygen atoms in total. The Hall–Kier alpha value is -2.05. The molecule has 0 saturated heterocycles. The topological polar surface area (TPSA) is 96.7 Å². The van der Waals surface area contributed by atoms with Crippen molar-refractivity contribution in [1.29, 1.82) is 0 Å². The first kappa shape index (κ1) is 15.0. The number of nitrogens with two attached hydrogens (primary N) is 1. The molecule has 1 aromatic rings. The van der Waals surface area contributed by atoms with Crippen molar-refractivity contribution in [3.8, 4) is 0 Å². The quantitative estimate of drug-likeness (QED) is 0.338. The van der Waals surface area contributed by atoms with Crippen molar-refractivity contribution >= 4 is 11.7 Å². The second-order valence-electron chi connectivity index (χ2n) is 4.56. The minimum absolute atomic E-state index is 0.126. The summed E-state index contributed by atoms with van der Waals surface area (Å²) in [5.74, 6) is 0.334. The van der Waals surface area contributed by atoms with E-state index >= 15 is 0 Å². The molecule has 0 amide bonds. The van der Waals surface area contributed by atoms with Gasteiger partial charge in [0.1, 0.15) is 5.84 Å². The number of hydrogen-bond acceptors (Lipinski definition) is 5. The zero-order valence-electron chi connectivity index (χ0n) is 11.6. The average Bonchev–Trinajstić information content (AvgIpc) is 2.40. The van der Waals surface area contributed by atoms with Gasteiger partial charge in [0.25, 0.3) is 5.56 Å². The first-order chi connectivity index (χ1) is 9.01. The molecule has 0 aliphatic rings. The maximum atomic E-state index is 12.2. The first-order valence-electron chi connectivity index (χ1n) is 6.25. The minimum atomic E-state index is -0.170. The van der Waals surface area contributed by atoms with E-state index in [1.807, 2.05) is 13.8 Å². The molecule has 0 fully saturated rings. The third kappa shape index (κ3) is 3.70. The molecule has 0 aromatic carbocycles. The van der Waals surface area contributed by atoms with Crippen LogP contribution in [0.2, 0.25) is 0 Å². The maximum Gasteiger partial charge on any atom is 0.293 e. The van der Waals surface area contributed by atoms with Gasteiger partial charge in [-0.3, -0.25) is 4.79 Å². The molecule has 1 unspecified atom stereocenters. The van der Waals surface area contributed by atoms with Gasteiger partial charge in [0.15, 0.2) is 5.82 Å². The minimum Gasteiger partial charge on any atom is -0.409 e. The predicted molar refractivity (Wildman–Crippen MR) is 74.6 cm³/mol. The van der Waals surface area contributed by atoms with Gasteiger partial charge in [-0.05, 0) is 6.42 Å². The van der Waals surface area contributed by atoms with Gasteiger partial charge < -0.3 is 20.4 Å². The second kappa shape index (κ2) is 6.77. The molecular weight excluding hydrogens is 246 g/mol. The maximum absolute atomic E-state index is 12.2. The number of aryl methyl sites for hydroxylation is 1. The van der Waals surface area contributed by atoms with Crippen LogP contribution in [0.5, 0.6) is 0 Å². The van der Waals surface area contributed by atoms with E-state index in [0.717, 1.165) is 6.42 Å². The van der Waals surface area contributed by atoms with E-state index in [4.69, 9.17) is 10.9 Å². The summed E-state index contributed by atoms with van der Waals surface area (Å²) in [5.41, 5.74) is 5.40. The summed E-state index contributed by atoms with van der Waals surface area (Å²) in [6.07, 6.45) is 4.17. The van der Waals surface area contributed by atoms with Crippen molar-refractivity contribution < 1.29 is 5.21 Å². The second-order valence-corrected chi connectivity index (χ2v) is 4.56. The molecule has 1 rings (SSSR count). The molecule has 0 saturated carbocycles. The SMILES string of the molecule is CCCn1ccnc(N(C)CC(C)C(N)=NO)c1=O. The molecule has 1 heterocycles. The van der Waals surface area contributed by atoms with Crippen LogP contribution in [0.3, 0.4) is 0 Å². The number of amidine groups is 1. The van der Waals surface area contributed by atoms with Crippen LogP contribution in [0, 0.1) is 5.92 Å². The summed E-state index contributed by atoms with van der Waals surface area (Å²) in [6.45, 7) is 4.95. The molecule has 1 atom stereocenters. The smallest absolute Gasteiger partial charge is 0.293 e. The standard InChI is InChI=1S/C12H21N5O2/c1-4-6-17-7-5-14-11(12(17)18)16(3)8-9(2)10(13)15-19/h5,7,9,19H,4,6,8H2,1-3H3,(H2,13,15). The zero-order chi connectivity index (χ0) is 14.4. The zero-order valence-corrected chi connectivity index (χ0v) is 11.6. The average molecular weight is 267 g/mol. The Morgan fingerprint density at radius 3 is 2.95 bits per heavy atom. The van der Waals surface area contributed by atoms with Crippen molar-refractivity contribution in [2.45, 2.75) is 26.8 Å². The van der Waals surface area contributed by atoms with Crippen LogP contribution in [0.25, 0.3) is 0 Å².